The normalized spacial score (nSPS) is 24.4. The molecule has 3 nitrogen and oxygen atoms in total. The Bertz CT molecular complexity index is 628. The molecule has 146 valence electrons. The average Bonchev–Trinajstić information content (AvgIpc) is 3.25. The van der Waals surface area contributed by atoms with Crippen LogP contribution >= 0.6 is 11.3 Å². The largest absolute Gasteiger partial charge is 0.404 e. The van der Waals surface area contributed by atoms with Crippen LogP contribution in [0.4, 0.5) is 26.3 Å². The molecule has 2 fully saturated rings. The molecule has 1 unspecified atom stereocenters. The second-order valence-corrected chi connectivity index (χ2v) is 7.78. The van der Waals surface area contributed by atoms with E-state index in [0.29, 0.717) is 6.54 Å². The lowest BCUT2D eigenvalue weighted by atomic mass is 9.85. The van der Waals surface area contributed by atoms with Gasteiger partial charge in [0.15, 0.2) is 5.41 Å². The number of amides is 1. The molecule has 0 aliphatic carbocycles. The summed E-state index contributed by atoms with van der Waals surface area (Å²) in [6.45, 7) is -1.57. The first-order chi connectivity index (χ1) is 12.1. The molecule has 0 N–H and O–H groups in total. The Morgan fingerprint density at radius 2 is 1.88 bits per heavy atom. The van der Waals surface area contributed by atoms with E-state index in [1.165, 1.54) is 11.3 Å². The molecule has 0 aromatic carbocycles. The predicted molar refractivity (Wildman–Crippen MR) is 83.6 cm³/mol. The molecule has 3 rings (SSSR count). The third-order valence-corrected chi connectivity index (χ3v) is 6.21. The van der Waals surface area contributed by atoms with Gasteiger partial charge in [-0.05, 0) is 37.3 Å². The molecule has 0 radical (unpaired) electrons. The fraction of sp³-hybridized carbons (Fsp3) is 0.688. The third kappa shape index (κ3) is 3.33. The summed E-state index contributed by atoms with van der Waals surface area (Å²) in [5.41, 5.74) is -3.75. The Morgan fingerprint density at radius 3 is 2.42 bits per heavy atom. The standard InChI is InChI=1S/C16H18F6N2OS/c17-15(18,19)14(16(20,21)22)5-7-23(10-14)9-13(25)24-6-1-3-11(24)12-4-2-8-26-12/h2,4,8,11H,1,3,5-7,9-10H2. The lowest BCUT2D eigenvalue weighted by molar-refractivity contribution is -0.335. The van der Waals surface area contributed by atoms with E-state index in [-0.39, 0.29) is 6.04 Å². The summed E-state index contributed by atoms with van der Waals surface area (Å²) in [6, 6.07) is 3.59. The summed E-state index contributed by atoms with van der Waals surface area (Å²) < 4.78 is 78.8. The maximum atomic E-state index is 13.1. The molecular formula is C16H18F6N2OS. The molecule has 26 heavy (non-hydrogen) atoms. The van der Waals surface area contributed by atoms with Crippen molar-refractivity contribution in [3.8, 4) is 0 Å². The zero-order valence-electron chi connectivity index (χ0n) is 13.7. The molecule has 10 heteroatoms. The zero-order valence-corrected chi connectivity index (χ0v) is 14.6. The quantitative estimate of drug-likeness (QED) is 0.709. The first-order valence-corrected chi connectivity index (χ1v) is 9.12. The number of carbonyl (C=O) groups is 1. The third-order valence-electron chi connectivity index (χ3n) is 5.24. The van der Waals surface area contributed by atoms with Crippen molar-refractivity contribution < 1.29 is 31.1 Å². The van der Waals surface area contributed by atoms with Crippen LogP contribution in [0.5, 0.6) is 0 Å². The highest BCUT2D eigenvalue weighted by molar-refractivity contribution is 7.10. The highest BCUT2D eigenvalue weighted by atomic mass is 32.1. The molecule has 0 saturated carbocycles. The lowest BCUT2D eigenvalue weighted by Crippen LogP contribution is -2.52. The van der Waals surface area contributed by atoms with Gasteiger partial charge in [0.25, 0.3) is 0 Å². The molecule has 1 amide bonds. The summed E-state index contributed by atoms with van der Waals surface area (Å²) >= 11 is 1.49. The van der Waals surface area contributed by atoms with E-state index in [9.17, 15) is 31.1 Å². The van der Waals surface area contributed by atoms with Crippen molar-refractivity contribution in [2.45, 2.75) is 37.7 Å². The van der Waals surface area contributed by atoms with Crippen LogP contribution in [-0.4, -0.2) is 54.2 Å². The van der Waals surface area contributed by atoms with E-state index in [1.54, 1.807) is 4.90 Å². The van der Waals surface area contributed by atoms with Crippen LogP contribution in [0.15, 0.2) is 17.5 Å². The second-order valence-electron chi connectivity index (χ2n) is 6.80. The topological polar surface area (TPSA) is 23.6 Å². The number of rotatable bonds is 3. The van der Waals surface area contributed by atoms with Crippen molar-refractivity contribution in [3.63, 3.8) is 0 Å². The van der Waals surface area contributed by atoms with Crippen molar-refractivity contribution in [1.82, 2.24) is 9.80 Å². The second kappa shape index (κ2) is 6.70. The van der Waals surface area contributed by atoms with Gasteiger partial charge in [0.2, 0.25) is 5.91 Å². The summed E-state index contributed by atoms with van der Waals surface area (Å²) in [6.07, 6.45) is -10.3. The van der Waals surface area contributed by atoms with E-state index >= 15 is 0 Å². The van der Waals surface area contributed by atoms with Gasteiger partial charge in [-0.2, -0.15) is 26.3 Å². The van der Waals surface area contributed by atoms with Crippen molar-refractivity contribution in [2.75, 3.05) is 26.2 Å². The van der Waals surface area contributed by atoms with Gasteiger partial charge in [0.1, 0.15) is 0 Å². The van der Waals surface area contributed by atoms with Crippen molar-refractivity contribution in [1.29, 1.82) is 0 Å². The van der Waals surface area contributed by atoms with Gasteiger partial charge in [-0.15, -0.1) is 11.3 Å². The SMILES string of the molecule is O=C(CN1CCC(C(F)(F)F)(C(F)(F)F)C1)N1CCCC1c1cccs1. The smallest absolute Gasteiger partial charge is 0.334 e. The van der Waals surface area contributed by atoms with Gasteiger partial charge in [-0.1, -0.05) is 6.07 Å². The van der Waals surface area contributed by atoms with Crippen LogP contribution in [0.1, 0.15) is 30.2 Å². The number of alkyl halides is 6. The Morgan fingerprint density at radius 1 is 1.19 bits per heavy atom. The van der Waals surface area contributed by atoms with Gasteiger partial charge in [-0.25, -0.2) is 0 Å². The maximum absolute atomic E-state index is 13.1. The number of hydrogen-bond donors (Lipinski definition) is 0. The molecule has 2 aliphatic heterocycles. The van der Waals surface area contributed by atoms with Gasteiger partial charge in [0, 0.05) is 18.0 Å². The average molecular weight is 400 g/mol. The molecule has 3 heterocycles. The van der Waals surface area contributed by atoms with Gasteiger partial charge in [-0.3, -0.25) is 9.69 Å². The Hall–Kier alpha value is -1.29. The fourth-order valence-electron chi connectivity index (χ4n) is 3.77. The minimum atomic E-state index is -5.39. The van der Waals surface area contributed by atoms with E-state index in [0.717, 1.165) is 22.6 Å². The molecule has 0 bridgehead atoms. The van der Waals surface area contributed by atoms with E-state index in [4.69, 9.17) is 0 Å². The monoisotopic (exact) mass is 400 g/mol. The van der Waals surface area contributed by atoms with Crippen molar-refractivity contribution in [2.24, 2.45) is 5.41 Å². The highest BCUT2D eigenvalue weighted by Crippen LogP contribution is 2.55. The summed E-state index contributed by atoms with van der Waals surface area (Å²) in [5.74, 6) is -0.416. The van der Waals surface area contributed by atoms with Crippen LogP contribution in [0, 0.1) is 5.41 Å². The fourth-order valence-corrected chi connectivity index (χ4v) is 4.64. The molecule has 1 aromatic heterocycles. The van der Waals surface area contributed by atoms with Crippen molar-refractivity contribution >= 4 is 17.2 Å². The first kappa shape index (κ1) is 19.5. The lowest BCUT2D eigenvalue weighted by Gasteiger charge is -2.34. The molecule has 0 spiro atoms. The van der Waals surface area contributed by atoms with Crippen molar-refractivity contribution in [3.05, 3.63) is 22.4 Å². The molecule has 2 aliphatic rings. The van der Waals surface area contributed by atoms with Crippen LogP contribution in [0.25, 0.3) is 0 Å². The number of likely N-dealkylation sites (tertiary alicyclic amines) is 2. The molecule has 2 saturated heterocycles. The van der Waals surface area contributed by atoms with Gasteiger partial charge >= 0.3 is 12.4 Å². The van der Waals surface area contributed by atoms with Crippen LogP contribution < -0.4 is 0 Å². The van der Waals surface area contributed by atoms with Crippen LogP contribution in [0.2, 0.25) is 0 Å². The summed E-state index contributed by atoms with van der Waals surface area (Å²) in [7, 11) is 0. The number of nitrogens with zero attached hydrogens (tertiary/aromatic N) is 2. The minimum Gasteiger partial charge on any atom is -0.334 e. The highest BCUT2D eigenvalue weighted by Gasteiger charge is 2.72. The van der Waals surface area contributed by atoms with Gasteiger partial charge < -0.3 is 4.90 Å². The van der Waals surface area contributed by atoms with Gasteiger partial charge in [0.05, 0.1) is 12.6 Å². The Labute approximate surface area is 150 Å². The summed E-state index contributed by atoms with van der Waals surface area (Å²) in [4.78, 5) is 16.1. The van der Waals surface area contributed by atoms with E-state index < -0.39 is 49.7 Å². The van der Waals surface area contributed by atoms with E-state index in [1.807, 2.05) is 17.5 Å². The number of carbonyl (C=O) groups excluding carboxylic acids is 1. The Kier molecular flexibility index (Phi) is 5.02. The molecule has 1 aromatic rings. The molecule has 1 atom stereocenters. The molecular weight excluding hydrogens is 382 g/mol. The Balaban J connectivity index is 1.69. The predicted octanol–water partition coefficient (Wildman–Crippen LogP) is 4.23. The number of halogens is 6. The number of thiophene rings is 1. The first-order valence-electron chi connectivity index (χ1n) is 8.24. The van der Waals surface area contributed by atoms with Crippen LogP contribution in [-0.2, 0) is 4.79 Å². The van der Waals surface area contributed by atoms with Crippen LogP contribution in [0.3, 0.4) is 0 Å². The minimum absolute atomic E-state index is 0.139. The summed E-state index contributed by atoms with van der Waals surface area (Å²) in [5, 5.41) is 1.87. The number of hydrogen-bond acceptors (Lipinski definition) is 3. The van der Waals surface area contributed by atoms with E-state index in [2.05, 4.69) is 0 Å². The zero-order chi connectivity index (χ0) is 19.2. The maximum Gasteiger partial charge on any atom is 0.404 e.